The first-order chi connectivity index (χ1) is 13.9. The fourth-order valence-corrected chi connectivity index (χ4v) is 4.66. The molecule has 2 aliphatic rings. The van der Waals surface area contributed by atoms with Gasteiger partial charge in [0, 0.05) is 24.7 Å². The van der Waals surface area contributed by atoms with E-state index >= 15 is 0 Å². The Morgan fingerprint density at radius 3 is 2.17 bits per heavy atom. The summed E-state index contributed by atoms with van der Waals surface area (Å²) in [6.45, 7) is 6.00. The van der Waals surface area contributed by atoms with Crippen LogP contribution in [-0.2, 0) is 19.1 Å². The van der Waals surface area contributed by atoms with Gasteiger partial charge in [0.25, 0.3) is 0 Å². The van der Waals surface area contributed by atoms with E-state index in [1.54, 1.807) is 6.92 Å². The lowest BCUT2D eigenvalue weighted by Crippen LogP contribution is -2.28. The molecular weight excluding hydrogens is 364 g/mol. The minimum absolute atomic E-state index is 0.000910. The Hall–Kier alpha value is -1.19. The van der Waals surface area contributed by atoms with E-state index in [4.69, 9.17) is 4.74 Å². The molecule has 0 amide bonds. The van der Waals surface area contributed by atoms with Crippen molar-refractivity contribution in [3.8, 4) is 0 Å². The molecule has 0 N–H and O–H groups in total. The van der Waals surface area contributed by atoms with Gasteiger partial charge in [-0.25, -0.2) is 0 Å². The first-order valence-electron chi connectivity index (χ1n) is 12.2. The largest absolute Gasteiger partial charge is 0.462 e. The van der Waals surface area contributed by atoms with Crippen LogP contribution in [0.4, 0.5) is 0 Å². The minimum Gasteiger partial charge on any atom is -0.462 e. The van der Waals surface area contributed by atoms with E-state index < -0.39 is 0 Å². The average Bonchev–Trinajstić information content (AvgIpc) is 3.24. The molecular formula is C25H44O4. The molecule has 2 rings (SSSR count). The van der Waals surface area contributed by atoms with E-state index in [1.165, 1.54) is 51.4 Å². The summed E-state index contributed by atoms with van der Waals surface area (Å²) in [5.74, 6) is 0.511. The van der Waals surface area contributed by atoms with Crippen molar-refractivity contribution in [2.75, 3.05) is 0 Å². The van der Waals surface area contributed by atoms with Gasteiger partial charge < -0.3 is 4.74 Å². The molecule has 4 heteroatoms. The third-order valence-corrected chi connectivity index (χ3v) is 6.35. The van der Waals surface area contributed by atoms with Crippen LogP contribution in [0.25, 0.3) is 0 Å². The van der Waals surface area contributed by atoms with Crippen LogP contribution in [-0.4, -0.2) is 23.6 Å². The number of carbonyl (C=O) groups is 3. The highest BCUT2D eigenvalue weighted by molar-refractivity contribution is 5.91. The SMILES string of the molecule is CCCCCC1(CC(C)=O)CCCC1=O.CCCCCCCCC1CCC(=O)O1. The Balaban J connectivity index is 0.000000291. The van der Waals surface area contributed by atoms with Gasteiger partial charge in [-0.1, -0.05) is 65.2 Å². The second-order valence-corrected chi connectivity index (χ2v) is 9.10. The molecule has 0 aromatic heterocycles. The summed E-state index contributed by atoms with van der Waals surface area (Å²) in [5, 5.41) is 0. The van der Waals surface area contributed by atoms with Gasteiger partial charge in [0.1, 0.15) is 17.7 Å². The van der Waals surface area contributed by atoms with Gasteiger partial charge >= 0.3 is 5.97 Å². The summed E-state index contributed by atoms with van der Waals surface area (Å²) in [7, 11) is 0. The molecule has 1 aliphatic heterocycles. The Kier molecular flexibility index (Phi) is 13.1. The van der Waals surface area contributed by atoms with Crippen molar-refractivity contribution in [1.29, 1.82) is 0 Å². The quantitative estimate of drug-likeness (QED) is 0.250. The molecule has 2 fully saturated rings. The molecule has 0 aromatic rings. The average molecular weight is 409 g/mol. The predicted octanol–water partition coefficient (Wildman–Crippen LogP) is 6.73. The first-order valence-corrected chi connectivity index (χ1v) is 12.2. The number of rotatable bonds is 13. The summed E-state index contributed by atoms with van der Waals surface area (Å²) in [5.41, 5.74) is -0.263. The zero-order valence-corrected chi connectivity index (χ0v) is 19.2. The summed E-state index contributed by atoms with van der Waals surface area (Å²) in [6, 6.07) is 0. The fourth-order valence-electron chi connectivity index (χ4n) is 4.66. The normalized spacial score (nSPS) is 23.6. The van der Waals surface area contributed by atoms with Crippen LogP contribution in [0.3, 0.4) is 0 Å². The highest BCUT2D eigenvalue weighted by Gasteiger charge is 2.41. The van der Waals surface area contributed by atoms with Crippen LogP contribution in [0.1, 0.15) is 130 Å². The molecule has 168 valence electrons. The summed E-state index contributed by atoms with van der Waals surface area (Å²) in [4.78, 5) is 33.9. The van der Waals surface area contributed by atoms with Gasteiger partial charge in [0.15, 0.2) is 0 Å². The molecule has 0 spiro atoms. The Bertz CT molecular complexity index is 499. The third kappa shape index (κ3) is 10.4. The molecule has 0 aromatic carbocycles. The van der Waals surface area contributed by atoms with Gasteiger partial charge in [0.05, 0.1) is 0 Å². The predicted molar refractivity (Wildman–Crippen MR) is 118 cm³/mol. The van der Waals surface area contributed by atoms with E-state index in [-0.39, 0.29) is 23.3 Å². The molecule has 0 radical (unpaired) electrons. The van der Waals surface area contributed by atoms with Crippen LogP contribution in [0.15, 0.2) is 0 Å². The number of ether oxygens (including phenoxy) is 1. The molecule has 2 unspecified atom stereocenters. The van der Waals surface area contributed by atoms with Crippen molar-refractivity contribution < 1.29 is 19.1 Å². The fraction of sp³-hybridized carbons (Fsp3) is 0.880. The monoisotopic (exact) mass is 408 g/mol. The maximum atomic E-state index is 11.9. The topological polar surface area (TPSA) is 60.4 Å². The van der Waals surface area contributed by atoms with E-state index in [9.17, 15) is 14.4 Å². The summed E-state index contributed by atoms with van der Waals surface area (Å²) < 4.78 is 5.15. The third-order valence-electron chi connectivity index (χ3n) is 6.35. The minimum atomic E-state index is -0.263. The Morgan fingerprint density at radius 1 is 0.966 bits per heavy atom. The van der Waals surface area contributed by atoms with Crippen molar-refractivity contribution in [3.63, 3.8) is 0 Å². The lowest BCUT2D eigenvalue weighted by Gasteiger charge is -2.26. The van der Waals surface area contributed by atoms with Crippen LogP contribution in [0.2, 0.25) is 0 Å². The summed E-state index contributed by atoms with van der Waals surface area (Å²) >= 11 is 0. The van der Waals surface area contributed by atoms with Gasteiger partial charge in [-0.15, -0.1) is 0 Å². The van der Waals surface area contributed by atoms with Crippen LogP contribution in [0, 0.1) is 5.41 Å². The van der Waals surface area contributed by atoms with Gasteiger partial charge in [-0.3, -0.25) is 14.4 Å². The van der Waals surface area contributed by atoms with Crippen LogP contribution >= 0.6 is 0 Å². The lowest BCUT2D eigenvalue weighted by molar-refractivity contribution is -0.141. The Labute approximate surface area is 178 Å². The zero-order chi connectivity index (χ0) is 21.5. The number of hydrogen-bond acceptors (Lipinski definition) is 4. The molecule has 1 aliphatic carbocycles. The highest BCUT2D eigenvalue weighted by Crippen LogP contribution is 2.42. The van der Waals surface area contributed by atoms with Crippen LogP contribution in [0.5, 0.6) is 0 Å². The second kappa shape index (κ2) is 14.7. The molecule has 1 saturated heterocycles. The van der Waals surface area contributed by atoms with E-state index in [1.807, 2.05) is 0 Å². The lowest BCUT2D eigenvalue weighted by atomic mass is 9.76. The summed E-state index contributed by atoms with van der Waals surface area (Å²) in [6.07, 6.45) is 18.3. The van der Waals surface area contributed by atoms with Crippen molar-refractivity contribution in [2.24, 2.45) is 5.41 Å². The molecule has 1 saturated carbocycles. The molecule has 2 atom stereocenters. The maximum absolute atomic E-state index is 11.9. The van der Waals surface area contributed by atoms with E-state index in [0.717, 1.165) is 38.5 Å². The Morgan fingerprint density at radius 2 is 1.62 bits per heavy atom. The first kappa shape index (κ1) is 25.8. The number of ketones is 2. The van der Waals surface area contributed by atoms with Crippen molar-refractivity contribution in [3.05, 3.63) is 0 Å². The number of esters is 1. The van der Waals surface area contributed by atoms with E-state index in [2.05, 4.69) is 13.8 Å². The number of unbranched alkanes of at least 4 members (excludes halogenated alkanes) is 7. The van der Waals surface area contributed by atoms with Crippen LogP contribution < -0.4 is 0 Å². The smallest absolute Gasteiger partial charge is 0.306 e. The molecule has 29 heavy (non-hydrogen) atoms. The van der Waals surface area contributed by atoms with Crippen molar-refractivity contribution >= 4 is 17.5 Å². The van der Waals surface area contributed by atoms with Crippen molar-refractivity contribution in [2.45, 2.75) is 136 Å². The molecule has 1 heterocycles. The molecule has 0 bridgehead atoms. The van der Waals surface area contributed by atoms with E-state index in [0.29, 0.717) is 25.0 Å². The number of hydrogen-bond donors (Lipinski definition) is 0. The van der Waals surface area contributed by atoms with Gasteiger partial charge in [0.2, 0.25) is 0 Å². The number of cyclic esters (lactones) is 1. The highest BCUT2D eigenvalue weighted by atomic mass is 16.5. The second-order valence-electron chi connectivity index (χ2n) is 9.10. The maximum Gasteiger partial charge on any atom is 0.306 e. The number of Topliss-reactive ketones (excluding diaryl/α,β-unsaturated/α-hetero) is 2. The van der Waals surface area contributed by atoms with Gasteiger partial charge in [-0.05, 0) is 45.4 Å². The number of carbonyl (C=O) groups excluding carboxylic acids is 3. The standard InChI is InChI=1S/C13H22O2.C12H22O2/c1-3-4-5-8-13(10-11(2)14)9-6-7-12(13)15;1-2-3-4-5-6-7-8-11-9-10-12(13)14-11/h3-10H2,1-2H3;11H,2-10H2,1H3. The molecule has 4 nitrogen and oxygen atoms in total. The van der Waals surface area contributed by atoms with Gasteiger partial charge in [-0.2, -0.15) is 0 Å². The van der Waals surface area contributed by atoms with Crippen molar-refractivity contribution in [1.82, 2.24) is 0 Å². The zero-order valence-electron chi connectivity index (χ0n) is 19.2.